The molecule has 1 aliphatic rings. The van der Waals surface area contributed by atoms with Crippen LogP contribution in [0, 0.1) is 11.3 Å². The van der Waals surface area contributed by atoms with E-state index in [1.54, 1.807) is 18.3 Å². The summed E-state index contributed by atoms with van der Waals surface area (Å²) in [5, 5.41) is 19.5. The van der Waals surface area contributed by atoms with Crippen molar-refractivity contribution < 1.29 is 5.11 Å². The van der Waals surface area contributed by atoms with Gasteiger partial charge >= 0.3 is 0 Å². The quantitative estimate of drug-likeness (QED) is 0.891. The van der Waals surface area contributed by atoms with Crippen LogP contribution in [0.1, 0.15) is 40.8 Å². The lowest BCUT2D eigenvalue weighted by Gasteiger charge is -2.18. The average molecular weight is 250 g/mol. The Kier molecular flexibility index (Phi) is 3.02. The Morgan fingerprint density at radius 1 is 1.32 bits per heavy atom. The molecule has 0 saturated heterocycles. The Morgan fingerprint density at radius 2 is 2.21 bits per heavy atom. The maximum Gasteiger partial charge on any atom is 0.0991 e. The second-order valence-electron chi connectivity index (χ2n) is 4.88. The van der Waals surface area contributed by atoms with Gasteiger partial charge in [-0.2, -0.15) is 5.26 Å². The molecule has 1 aromatic heterocycles. The van der Waals surface area contributed by atoms with Crippen LogP contribution in [0.5, 0.6) is 0 Å². The number of aliphatic hydroxyl groups is 1. The maximum absolute atomic E-state index is 10.5. The van der Waals surface area contributed by atoms with E-state index in [-0.39, 0.29) is 5.92 Å². The molecular weight excluding hydrogens is 236 g/mol. The van der Waals surface area contributed by atoms with Crippen LogP contribution in [0.25, 0.3) is 0 Å². The van der Waals surface area contributed by atoms with Gasteiger partial charge in [-0.3, -0.25) is 4.98 Å². The second kappa shape index (κ2) is 4.83. The van der Waals surface area contributed by atoms with Crippen molar-refractivity contribution in [1.82, 2.24) is 4.98 Å². The standard InChI is InChI=1S/C16H14N2O/c17-10-11-3-1-4-13(9-11)16(19)14-7-6-12-5-2-8-18-15(12)14/h1-5,8-9,14,16,19H,6-7H2. The van der Waals surface area contributed by atoms with Crippen molar-refractivity contribution in [1.29, 1.82) is 5.26 Å². The van der Waals surface area contributed by atoms with Crippen molar-refractivity contribution in [3.63, 3.8) is 0 Å². The van der Waals surface area contributed by atoms with E-state index in [1.807, 2.05) is 18.2 Å². The molecule has 1 aromatic carbocycles. The molecule has 94 valence electrons. The molecule has 3 heteroatoms. The monoisotopic (exact) mass is 250 g/mol. The number of aliphatic hydroxyl groups excluding tert-OH is 1. The summed E-state index contributed by atoms with van der Waals surface area (Å²) in [6, 6.07) is 13.3. The van der Waals surface area contributed by atoms with Crippen LogP contribution in [0.15, 0.2) is 42.6 Å². The highest BCUT2D eigenvalue weighted by atomic mass is 16.3. The SMILES string of the molecule is N#Cc1cccc(C(O)C2CCc3cccnc32)c1. The van der Waals surface area contributed by atoms with E-state index in [1.165, 1.54) is 5.56 Å². The summed E-state index contributed by atoms with van der Waals surface area (Å²) < 4.78 is 0. The number of aromatic nitrogens is 1. The van der Waals surface area contributed by atoms with Crippen LogP contribution in [0.4, 0.5) is 0 Å². The van der Waals surface area contributed by atoms with Crippen LogP contribution in [-0.4, -0.2) is 10.1 Å². The Labute approximate surface area is 112 Å². The molecule has 2 atom stereocenters. The van der Waals surface area contributed by atoms with Gasteiger partial charge in [0.2, 0.25) is 0 Å². The molecule has 3 rings (SSSR count). The number of aryl methyl sites for hydroxylation is 1. The lowest BCUT2D eigenvalue weighted by Crippen LogP contribution is -2.09. The van der Waals surface area contributed by atoms with E-state index >= 15 is 0 Å². The summed E-state index contributed by atoms with van der Waals surface area (Å²) in [6.45, 7) is 0. The van der Waals surface area contributed by atoms with Gasteiger partial charge in [0.15, 0.2) is 0 Å². The number of benzene rings is 1. The van der Waals surface area contributed by atoms with Gasteiger partial charge in [0, 0.05) is 17.8 Å². The molecule has 0 saturated carbocycles. The van der Waals surface area contributed by atoms with Gasteiger partial charge in [-0.1, -0.05) is 18.2 Å². The lowest BCUT2D eigenvalue weighted by molar-refractivity contribution is 0.143. The molecule has 1 aliphatic carbocycles. The molecular formula is C16H14N2O. The minimum absolute atomic E-state index is 0.0325. The zero-order valence-corrected chi connectivity index (χ0v) is 10.5. The summed E-state index contributed by atoms with van der Waals surface area (Å²) in [5.41, 5.74) is 3.60. The molecule has 0 spiro atoms. The zero-order valence-electron chi connectivity index (χ0n) is 10.5. The topological polar surface area (TPSA) is 56.9 Å². The number of hydrogen-bond acceptors (Lipinski definition) is 3. The fourth-order valence-electron chi connectivity index (χ4n) is 2.78. The highest BCUT2D eigenvalue weighted by molar-refractivity contribution is 5.37. The molecule has 0 fully saturated rings. The third kappa shape index (κ3) is 2.11. The van der Waals surface area contributed by atoms with Crippen molar-refractivity contribution in [2.24, 2.45) is 0 Å². The van der Waals surface area contributed by atoms with Crippen LogP contribution in [-0.2, 0) is 6.42 Å². The summed E-state index contributed by atoms with van der Waals surface area (Å²) in [7, 11) is 0. The van der Waals surface area contributed by atoms with E-state index in [0.29, 0.717) is 5.56 Å². The largest absolute Gasteiger partial charge is 0.388 e. The minimum atomic E-state index is -0.593. The molecule has 1 heterocycles. The smallest absolute Gasteiger partial charge is 0.0991 e. The van der Waals surface area contributed by atoms with Gasteiger partial charge in [0.05, 0.1) is 17.7 Å². The summed E-state index contributed by atoms with van der Waals surface area (Å²) in [5.74, 6) is 0.0325. The third-order valence-corrected chi connectivity index (χ3v) is 3.74. The van der Waals surface area contributed by atoms with E-state index in [9.17, 15) is 5.11 Å². The molecule has 0 aliphatic heterocycles. The van der Waals surface area contributed by atoms with Crippen LogP contribution in [0.2, 0.25) is 0 Å². The van der Waals surface area contributed by atoms with E-state index in [2.05, 4.69) is 17.1 Å². The van der Waals surface area contributed by atoms with Crippen molar-refractivity contribution in [2.45, 2.75) is 24.9 Å². The van der Waals surface area contributed by atoms with E-state index < -0.39 is 6.10 Å². The average Bonchev–Trinajstić information content (AvgIpc) is 2.90. The first-order chi connectivity index (χ1) is 9.29. The fourth-order valence-corrected chi connectivity index (χ4v) is 2.78. The zero-order chi connectivity index (χ0) is 13.2. The fraction of sp³-hybridized carbons (Fsp3) is 0.250. The summed E-state index contributed by atoms with van der Waals surface area (Å²) in [6.07, 6.45) is 3.05. The number of hydrogen-bond donors (Lipinski definition) is 1. The van der Waals surface area contributed by atoms with E-state index in [0.717, 1.165) is 24.1 Å². The maximum atomic E-state index is 10.5. The van der Waals surface area contributed by atoms with Gasteiger partial charge < -0.3 is 5.11 Å². The van der Waals surface area contributed by atoms with Crippen LogP contribution < -0.4 is 0 Å². The Balaban J connectivity index is 1.93. The first kappa shape index (κ1) is 11.9. The van der Waals surface area contributed by atoms with Gasteiger partial charge in [-0.15, -0.1) is 0 Å². The van der Waals surface area contributed by atoms with Crippen molar-refractivity contribution in [3.8, 4) is 6.07 Å². The third-order valence-electron chi connectivity index (χ3n) is 3.74. The highest BCUT2D eigenvalue weighted by Gasteiger charge is 2.30. The minimum Gasteiger partial charge on any atom is -0.388 e. The molecule has 0 bridgehead atoms. The van der Waals surface area contributed by atoms with Crippen molar-refractivity contribution in [2.75, 3.05) is 0 Å². The highest BCUT2D eigenvalue weighted by Crippen LogP contribution is 2.40. The Bertz CT molecular complexity index is 645. The molecule has 1 N–H and O–H groups in total. The van der Waals surface area contributed by atoms with Gasteiger partial charge in [0.25, 0.3) is 0 Å². The normalized spacial score (nSPS) is 18.6. The van der Waals surface area contributed by atoms with Gasteiger partial charge in [0.1, 0.15) is 0 Å². The number of nitriles is 1. The molecule has 0 radical (unpaired) electrons. The van der Waals surface area contributed by atoms with Crippen LogP contribution >= 0.6 is 0 Å². The predicted molar refractivity (Wildman–Crippen MR) is 71.4 cm³/mol. The first-order valence-electron chi connectivity index (χ1n) is 6.41. The Hall–Kier alpha value is -2.18. The van der Waals surface area contributed by atoms with E-state index in [4.69, 9.17) is 5.26 Å². The molecule has 19 heavy (non-hydrogen) atoms. The predicted octanol–water partition coefficient (Wildman–Crippen LogP) is 2.72. The van der Waals surface area contributed by atoms with Gasteiger partial charge in [-0.25, -0.2) is 0 Å². The number of nitrogens with zero attached hydrogens (tertiary/aromatic N) is 2. The number of pyridine rings is 1. The summed E-state index contributed by atoms with van der Waals surface area (Å²) in [4.78, 5) is 4.40. The van der Waals surface area contributed by atoms with Crippen LogP contribution in [0.3, 0.4) is 0 Å². The van der Waals surface area contributed by atoms with Gasteiger partial charge in [-0.05, 0) is 42.2 Å². The number of fused-ring (bicyclic) bond motifs is 1. The molecule has 3 nitrogen and oxygen atoms in total. The first-order valence-corrected chi connectivity index (χ1v) is 6.41. The summed E-state index contributed by atoms with van der Waals surface area (Å²) >= 11 is 0. The van der Waals surface area contributed by atoms with Crippen molar-refractivity contribution >= 4 is 0 Å². The Morgan fingerprint density at radius 3 is 3.05 bits per heavy atom. The molecule has 0 amide bonds. The second-order valence-corrected chi connectivity index (χ2v) is 4.88. The van der Waals surface area contributed by atoms with Crippen molar-refractivity contribution in [3.05, 3.63) is 65.0 Å². The number of rotatable bonds is 2. The lowest BCUT2D eigenvalue weighted by atomic mass is 9.92. The molecule has 2 aromatic rings. The molecule has 2 unspecified atom stereocenters.